The minimum Gasteiger partial charge on any atom is -0.507 e. The molecule has 6 nitrogen and oxygen atoms in total. The van der Waals surface area contributed by atoms with Gasteiger partial charge in [-0.05, 0) is 54.4 Å². The SMILES string of the molecule is COc1ccccc1C1/C(=C(\O)c2ccc3c(c2)CCO3)C(=O)C(=O)N1c1ccc(C)c(Cl)c1. The molecule has 0 aromatic heterocycles. The molecule has 2 aliphatic heterocycles. The number of fused-ring (bicyclic) bond motifs is 1. The maximum absolute atomic E-state index is 13.4. The van der Waals surface area contributed by atoms with Gasteiger partial charge >= 0.3 is 0 Å². The fourth-order valence-electron chi connectivity index (χ4n) is 4.51. The van der Waals surface area contributed by atoms with Crippen LogP contribution in [-0.2, 0) is 16.0 Å². The third-order valence-corrected chi connectivity index (χ3v) is 6.68. The van der Waals surface area contributed by atoms with Crippen molar-refractivity contribution >= 4 is 34.7 Å². The van der Waals surface area contributed by atoms with Gasteiger partial charge in [0.2, 0.25) is 0 Å². The Balaban J connectivity index is 1.74. The number of para-hydroxylation sites is 1. The molecule has 0 saturated carbocycles. The van der Waals surface area contributed by atoms with E-state index in [9.17, 15) is 14.7 Å². The van der Waals surface area contributed by atoms with E-state index in [-0.39, 0.29) is 11.3 Å². The molecule has 1 unspecified atom stereocenters. The van der Waals surface area contributed by atoms with Gasteiger partial charge in [0, 0.05) is 28.3 Å². The van der Waals surface area contributed by atoms with Crippen molar-refractivity contribution in [1.29, 1.82) is 0 Å². The average molecular weight is 476 g/mol. The molecule has 2 heterocycles. The quantitative estimate of drug-likeness (QED) is 0.318. The van der Waals surface area contributed by atoms with E-state index in [1.165, 1.54) is 12.0 Å². The Morgan fingerprint density at radius 3 is 2.68 bits per heavy atom. The molecule has 1 N–H and O–H groups in total. The number of ketones is 1. The molecule has 5 rings (SSSR count). The highest BCUT2D eigenvalue weighted by Gasteiger charge is 2.48. The number of Topliss-reactive ketones (excluding diaryl/α,β-unsaturated/α-hetero) is 1. The predicted molar refractivity (Wildman–Crippen MR) is 130 cm³/mol. The summed E-state index contributed by atoms with van der Waals surface area (Å²) in [7, 11) is 1.52. The van der Waals surface area contributed by atoms with Crippen LogP contribution in [0.1, 0.15) is 28.3 Å². The first-order valence-electron chi connectivity index (χ1n) is 10.9. The highest BCUT2D eigenvalue weighted by atomic mass is 35.5. The van der Waals surface area contributed by atoms with Gasteiger partial charge in [-0.3, -0.25) is 14.5 Å². The number of carbonyl (C=O) groups excluding carboxylic acids is 2. The first kappa shape index (κ1) is 22.0. The van der Waals surface area contributed by atoms with E-state index in [1.807, 2.05) is 6.92 Å². The second-order valence-corrected chi connectivity index (χ2v) is 8.67. The third-order valence-electron chi connectivity index (χ3n) is 6.27. The van der Waals surface area contributed by atoms with E-state index in [1.54, 1.807) is 60.7 Å². The number of aliphatic hydroxyl groups is 1. The van der Waals surface area contributed by atoms with E-state index >= 15 is 0 Å². The van der Waals surface area contributed by atoms with Gasteiger partial charge in [-0.1, -0.05) is 35.9 Å². The summed E-state index contributed by atoms with van der Waals surface area (Å²) in [6.07, 6.45) is 0.711. The lowest BCUT2D eigenvalue weighted by Crippen LogP contribution is -2.29. The molecule has 3 aromatic carbocycles. The number of amides is 1. The summed E-state index contributed by atoms with van der Waals surface area (Å²) in [5.74, 6) is -0.521. The summed E-state index contributed by atoms with van der Waals surface area (Å²) in [6, 6.07) is 16.7. The molecule has 172 valence electrons. The second kappa shape index (κ2) is 8.54. The summed E-state index contributed by atoms with van der Waals surface area (Å²) < 4.78 is 11.1. The van der Waals surface area contributed by atoms with Crippen molar-refractivity contribution in [3.8, 4) is 11.5 Å². The van der Waals surface area contributed by atoms with Crippen LogP contribution in [0.4, 0.5) is 5.69 Å². The molecule has 34 heavy (non-hydrogen) atoms. The zero-order chi connectivity index (χ0) is 24.0. The zero-order valence-electron chi connectivity index (χ0n) is 18.7. The number of nitrogens with zero attached hydrogens (tertiary/aromatic N) is 1. The first-order chi connectivity index (χ1) is 16.4. The molecule has 0 spiro atoms. The van der Waals surface area contributed by atoms with Gasteiger partial charge in [0.25, 0.3) is 11.7 Å². The third kappa shape index (κ3) is 3.51. The number of aliphatic hydroxyl groups excluding tert-OH is 1. The first-order valence-corrected chi connectivity index (χ1v) is 11.2. The second-order valence-electron chi connectivity index (χ2n) is 8.27. The van der Waals surface area contributed by atoms with Gasteiger partial charge < -0.3 is 14.6 Å². The molecular weight excluding hydrogens is 454 g/mol. The van der Waals surface area contributed by atoms with Crippen LogP contribution in [0.3, 0.4) is 0 Å². The number of benzene rings is 3. The van der Waals surface area contributed by atoms with Gasteiger partial charge in [0.05, 0.1) is 25.3 Å². The Bertz CT molecular complexity index is 1360. The van der Waals surface area contributed by atoms with Crippen LogP contribution in [0, 0.1) is 6.92 Å². The number of methoxy groups -OCH3 is 1. The fourth-order valence-corrected chi connectivity index (χ4v) is 4.68. The molecule has 1 amide bonds. The molecule has 2 aliphatic rings. The highest BCUT2D eigenvalue weighted by molar-refractivity contribution is 6.52. The van der Waals surface area contributed by atoms with Crippen molar-refractivity contribution in [2.24, 2.45) is 0 Å². The number of ether oxygens (including phenoxy) is 2. The van der Waals surface area contributed by atoms with Crippen LogP contribution in [-0.4, -0.2) is 30.5 Å². The minimum atomic E-state index is -0.903. The summed E-state index contributed by atoms with van der Waals surface area (Å²) >= 11 is 6.36. The van der Waals surface area contributed by atoms with Gasteiger partial charge in [-0.2, -0.15) is 0 Å². The molecule has 3 aromatic rings. The molecule has 0 bridgehead atoms. The Kier molecular flexibility index (Phi) is 5.54. The maximum Gasteiger partial charge on any atom is 0.300 e. The zero-order valence-corrected chi connectivity index (χ0v) is 19.4. The molecule has 1 fully saturated rings. The number of hydrogen-bond acceptors (Lipinski definition) is 5. The van der Waals surface area contributed by atoms with Gasteiger partial charge in [0.1, 0.15) is 17.3 Å². The van der Waals surface area contributed by atoms with E-state index in [2.05, 4.69) is 0 Å². The number of aryl methyl sites for hydroxylation is 1. The normalized spacial score (nSPS) is 18.7. The van der Waals surface area contributed by atoms with Gasteiger partial charge in [-0.15, -0.1) is 0 Å². The van der Waals surface area contributed by atoms with Crippen LogP contribution < -0.4 is 14.4 Å². The van der Waals surface area contributed by atoms with Crippen molar-refractivity contribution in [2.45, 2.75) is 19.4 Å². The molecule has 1 saturated heterocycles. The maximum atomic E-state index is 13.4. The van der Waals surface area contributed by atoms with Crippen LogP contribution in [0.5, 0.6) is 11.5 Å². The number of carbonyl (C=O) groups is 2. The van der Waals surface area contributed by atoms with Crippen LogP contribution in [0.2, 0.25) is 5.02 Å². The summed E-state index contributed by atoms with van der Waals surface area (Å²) in [5, 5.41) is 11.8. The standard InChI is InChI=1S/C27H22ClNO5/c1-15-7-9-18(14-20(15)28)29-24(19-5-3-4-6-22(19)33-2)23(26(31)27(29)32)25(30)17-8-10-21-16(13-17)11-12-34-21/h3-10,13-14,24,30H,11-12H2,1-2H3/b25-23+. The summed E-state index contributed by atoms with van der Waals surface area (Å²) in [5.41, 5.74) is 3.25. The minimum absolute atomic E-state index is 0.00920. The Hall–Kier alpha value is -3.77. The molecule has 0 radical (unpaired) electrons. The van der Waals surface area contributed by atoms with Crippen molar-refractivity contribution in [1.82, 2.24) is 0 Å². The Morgan fingerprint density at radius 2 is 1.91 bits per heavy atom. The monoisotopic (exact) mass is 475 g/mol. The molecule has 7 heteroatoms. The summed E-state index contributed by atoms with van der Waals surface area (Å²) in [4.78, 5) is 28.1. The lowest BCUT2D eigenvalue weighted by molar-refractivity contribution is -0.132. The van der Waals surface area contributed by atoms with E-state index in [4.69, 9.17) is 21.1 Å². The molecule has 0 aliphatic carbocycles. The van der Waals surface area contributed by atoms with Gasteiger partial charge in [0.15, 0.2) is 0 Å². The predicted octanol–water partition coefficient (Wildman–Crippen LogP) is 5.22. The lowest BCUT2D eigenvalue weighted by Gasteiger charge is -2.27. The van der Waals surface area contributed by atoms with E-state index < -0.39 is 17.7 Å². The van der Waals surface area contributed by atoms with E-state index in [0.29, 0.717) is 40.6 Å². The molecular formula is C27H22ClNO5. The largest absolute Gasteiger partial charge is 0.507 e. The number of hydrogen-bond donors (Lipinski definition) is 1. The van der Waals surface area contributed by atoms with E-state index in [0.717, 1.165) is 16.9 Å². The van der Waals surface area contributed by atoms with Crippen LogP contribution in [0.25, 0.3) is 5.76 Å². The van der Waals surface area contributed by atoms with Crippen molar-refractivity contribution in [3.05, 3.63) is 93.5 Å². The molecule has 1 atom stereocenters. The summed E-state index contributed by atoms with van der Waals surface area (Å²) in [6.45, 7) is 2.43. The fraction of sp³-hybridized carbons (Fsp3) is 0.185. The highest BCUT2D eigenvalue weighted by Crippen LogP contribution is 2.45. The topological polar surface area (TPSA) is 76.1 Å². The van der Waals surface area contributed by atoms with Crippen LogP contribution >= 0.6 is 11.6 Å². The number of halogens is 1. The number of anilines is 1. The van der Waals surface area contributed by atoms with Gasteiger partial charge in [-0.25, -0.2) is 0 Å². The van der Waals surface area contributed by atoms with Crippen molar-refractivity contribution in [2.75, 3.05) is 18.6 Å². The smallest absolute Gasteiger partial charge is 0.300 e. The van der Waals surface area contributed by atoms with Crippen molar-refractivity contribution in [3.63, 3.8) is 0 Å². The number of rotatable bonds is 4. The average Bonchev–Trinajstić information content (AvgIpc) is 3.42. The Labute approximate surface area is 202 Å². The lowest BCUT2D eigenvalue weighted by atomic mass is 9.93. The van der Waals surface area contributed by atoms with Crippen molar-refractivity contribution < 1.29 is 24.2 Å². The van der Waals surface area contributed by atoms with Crippen LogP contribution in [0.15, 0.2) is 66.2 Å². The Morgan fingerprint density at radius 1 is 1.12 bits per heavy atom.